The van der Waals surface area contributed by atoms with Gasteiger partial charge in [0.2, 0.25) is 0 Å². The van der Waals surface area contributed by atoms with E-state index in [1.165, 1.54) is 14.0 Å². The maximum atomic E-state index is 14.5. The highest BCUT2D eigenvalue weighted by Crippen LogP contribution is 2.45. The number of hydrogen-bond acceptors (Lipinski definition) is 14. The van der Waals surface area contributed by atoms with Gasteiger partial charge in [0.25, 0.3) is 0 Å². The van der Waals surface area contributed by atoms with Gasteiger partial charge in [-0.05, 0) is 104 Å². The molecule has 0 aliphatic carbocycles. The zero-order chi connectivity index (χ0) is 46.0. The van der Waals surface area contributed by atoms with Crippen molar-refractivity contribution in [3.63, 3.8) is 0 Å². The zero-order valence-electron chi connectivity index (χ0n) is 38.9. The van der Waals surface area contributed by atoms with Crippen LogP contribution in [-0.4, -0.2) is 150 Å². The molecule has 16 heteroatoms. The van der Waals surface area contributed by atoms with Crippen molar-refractivity contribution in [3.05, 3.63) is 28.2 Å². The number of aliphatic hydroxyl groups is 4. The van der Waals surface area contributed by atoms with E-state index in [1.807, 2.05) is 39.8 Å². The van der Waals surface area contributed by atoms with Crippen LogP contribution in [-0.2, 0) is 33.2 Å². The first-order chi connectivity index (χ1) is 28.2. The molecule has 3 fully saturated rings. The maximum absolute atomic E-state index is 14.5. The topological polar surface area (TPSA) is 181 Å². The largest absolute Gasteiger partial charge is 0.459 e. The molecular formula is C45H77Cl2N3O11. The summed E-state index contributed by atoms with van der Waals surface area (Å²) in [4.78, 5) is 16.5. The number of rotatable bonds is 10. The molecule has 6 N–H and O–H groups in total. The van der Waals surface area contributed by atoms with Gasteiger partial charge in [-0.3, -0.25) is 4.79 Å². The number of likely N-dealkylation sites (N-methyl/N-ethyl adjacent to an activating group) is 1. The van der Waals surface area contributed by atoms with Gasteiger partial charge in [0.15, 0.2) is 12.6 Å². The second kappa shape index (κ2) is 20.9. The fraction of sp³-hybridized carbons (Fsp3) is 0.844. The molecule has 3 saturated heterocycles. The number of benzene rings is 1. The highest BCUT2D eigenvalue weighted by Gasteiger charge is 2.58. The lowest BCUT2D eigenvalue weighted by Crippen LogP contribution is -2.69. The van der Waals surface area contributed by atoms with E-state index < -0.39 is 95.1 Å². The van der Waals surface area contributed by atoms with E-state index in [9.17, 15) is 25.2 Å². The standard InChI is InChI=1S/C45H77Cl2N3O11/c1-15-34-44(11,54)38(52)24(2)22-48-25(3)20-42(8,9)39(61-41-36(51)33(50(12)13)18-26(4)57-41)27(5)37(28(6)40(53)59-34)60-35-21-43(10,56-14)45(55,29(7)58-35)23-49-32-17-16-30(46)19-31(32)47/h16-17,19,24-29,33-39,41,48-49,51-52,54-55H,15,18,20-23H2,1-14H3/t24-,25+,26+,27-,28+,29-,33-,34+,35+,36+,37+,38+,39+,41-,43-,44+,45+/m0/s1. The van der Waals surface area contributed by atoms with Crippen molar-refractivity contribution in [3.8, 4) is 0 Å². The Balaban J connectivity index is 1.78. The van der Waals surface area contributed by atoms with Gasteiger partial charge >= 0.3 is 5.97 Å². The number of cyclic esters (lactones) is 1. The van der Waals surface area contributed by atoms with Crippen LogP contribution in [0.3, 0.4) is 0 Å². The zero-order valence-corrected chi connectivity index (χ0v) is 40.4. The monoisotopic (exact) mass is 905 g/mol. The van der Waals surface area contributed by atoms with Crippen LogP contribution in [0.1, 0.15) is 102 Å². The van der Waals surface area contributed by atoms with Crippen LogP contribution in [0.5, 0.6) is 0 Å². The number of methoxy groups -OCH3 is 1. The van der Waals surface area contributed by atoms with Gasteiger partial charge in [-0.15, -0.1) is 0 Å². The van der Waals surface area contributed by atoms with E-state index >= 15 is 0 Å². The second-order valence-electron chi connectivity index (χ2n) is 19.6. The van der Waals surface area contributed by atoms with Crippen molar-refractivity contribution in [2.45, 2.75) is 186 Å². The number of ether oxygens (including phenoxy) is 6. The number of nitrogens with zero attached hydrogens (tertiary/aromatic N) is 1. The molecule has 3 aliphatic rings. The summed E-state index contributed by atoms with van der Waals surface area (Å²) in [6.45, 7) is 20.9. The minimum absolute atomic E-state index is 0.00431. The third-order valence-corrected chi connectivity index (χ3v) is 14.5. The Morgan fingerprint density at radius 1 is 0.984 bits per heavy atom. The van der Waals surface area contributed by atoms with E-state index in [4.69, 9.17) is 51.6 Å². The third-order valence-electron chi connectivity index (χ3n) is 14.0. The molecule has 0 radical (unpaired) electrons. The van der Waals surface area contributed by atoms with Gasteiger partial charge in [0, 0.05) is 49.6 Å². The van der Waals surface area contributed by atoms with E-state index in [0.29, 0.717) is 35.1 Å². The van der Waals surface area contributed by atoms with E-state index in [-0.39, 0.29) is 37.6 Å². The molecule has 0 saturated carbocycles. The number of carbonyl (C=O) groups excluding carboxylic acids is 1. The van der Waals surface area contributed by atoms with Crippen LogP contribution < -0.4 is 10.6 Å². The van der Waals surface area contributed by atoms with Crippen molar-refractivity contribution in [1.82, 2.24) is 10.2 Å². The molecule has 3 aliphatic heterocycles. The molecule has 0 amide bonds. The smallest absolute Gasteiger partial charge is 0.311 e. The normalized spacial score (nSPS) is 43.3. The number of halogens is 2. The van der Waals surface area contributed by atoms with Crippen molar-refractivity contribution in [2.75, 3.05) is 39.6 Å². The van der Waals surface area contributed by atoms with Crippen LogP contribution in [0.2, 0.25) is 10.0 Å². The Morgan fingerprint density at radius 2 is 1.64 bits per heavy atom. The number of nitrogens with one attached hydrogen (secondary N) is 2. The average molecular weight is 907 g/mol. The number of hydrogen-bond donors (Lipinski definition) is 6. The van der Waals surface area contributed by atoms with Crippen LogP contribution >= 0.6 is 23.2 Å². The summed E-state index contributed by atoms with van der Waals surface area (Å²) in [6, 6.07) is 4.73. The number of aliphatic hydroxyl groups excluding tert-OH is 2. The van der Waals surface area contributed by atoms with Crippen LogP contribution in [0.4, 0.5) is 5.69 Å². The van der Waals surface area contributed by atoms with Gasteiger partial charge in [0.1, 0.15) is 29.0 Å². The summed E-state index contributed by atoms with van der Waals surface area (Å²) < 4.78 is 39.1. The highest BCUT2D eigenvalue weighted by molar-refractivity contribution is 6.36. The molecule has 1 aromatic rings. The van der Waals surface area contributed by atoms with Gasteiger partial charge in [-0.25, -0.2) is 0 Å². The molecule has 1 aromatic carbocycles. The summed E-state index contributed by atoms with van der Waals surface area (Å²) in [5, 5.41) is 55.0. The summed E-state index contributed by atoms with van der Waals surface area (Å²) >= 11 is 12.6. The molecule has 14 nitrogen and oxygen atoms in total. The summed E-state index contributed by atoms with van der Waals surface area (Å²) in [5.41, 5.74) is -4.66. The van der Waals surface area contributed by atoms with Gasteiger partial charge in [0.05, 0.1) is 47.1 Å². The molecule has 0 spiro atoms. The minimum atomic E-state index is -1.77. The number of esters is 1. The minimum Gasteiger partial charge on any atom is -0.459 e. The molecule has 0 aromatic heterocycles. The quantitative estimate of drug-likeness (QED) is 0.159. The molecular weight excluding hydrogens is 829 g/mol. The van der Waals surface area contributed by atoms with Crippen molar-refractivity contribution < 1.29 is 53.6 Å². The predicted octanol–water partition coefficient (Wildman–Crippen LogP) is 5.62. The van der Waals surface area contributed by atoms with E-state index in [2.05, 4.69) is 31.4 Å². The van der Waals surface area contributed by atoms with Gasteiger partial charge < -0.3 is 64.4 Å². The molecule has 17 atom stereocenters. The third kappa shape index (κ3) is 11.7. The molecule has 3 heterocycles. The summed E-state index contributed by atoms with van der Waals surface area (Å²) in [5.74, 6) is -2.58. The lowest BCUT2D eigenvalue weighted by molar-refractivity contribution is -0.333. The van der Waals surface area contributed by atoms with Gasteiger partial charge in [-0.2, -0.15) is 0 Å². The Labute approximate surface area is 374 Å². The van der Waals surface area contributed by atoms with Crippen LogP contribution in [0.15, 0.2) is 18.2 Å². The summed E-state index contributed by atoms with van der Waals surface area (Å²) in [6.07, 6.45) is -6.42. The predicted molar refractivity (Wildman–Crippen MR) is 237 cm³/mol. The first-order valence-corrected chi connectivity index (χ1v) is 22.8. The molecule has 0 bridgehead atoms. The van der Waals surface area contributed by atoms with Gasteiger partial charge in [-0.1, -0.05) is 57.8 Å². The fourth-order valence-corrected chi connectivity index (χ4v) is 10.4. The fourth-order valence-electron chi connectivity index (χ4n) is 9.95. The molecule has 61 heavy (non-hydrogen) atoms. The summed E-state index contributed by atoms with van der Waals surface area (Å²) in [7, 11) is 5.37. The number of carbonyl (C=O) groups is 1. The Kier molecular flexibility index (Phi) is 17.9. The molecule has 352 valence electrons. The lowest BCUT2D eigenvalue weighted by Gasteiger charge is -2.54. The highest BCUT2D eigenvalue weighted by atomic mass is 35.5. The van der Waals surface area contributed by atoms with E-state index in [0.717, 1.165) is 0 Å². The van der Waals surface area contributed by atoms with E-state index in [1.54, 1.807) is 45.9 Å². The molecule has 0 unspecified atom stereocenters. The first kappa shape index (κ1) is 52.3. The van der Waals surface area contributed by atoms with Crippen molar-refractivity contribution in [1.29, 1.82) is 0 Å². The SMILES string of the molecule is CC[C@H]1OC(=O)[C@H](C)[C@H](O[C@@H]2C[C@](C)(OC)[C@@](O)(CNc3ccc(Cl)cc3Cl)[C@H](C)O2)[C@H](C)[C@@H](O[C@@H]2O[C@H](C)C[C@H](N(C)C)[C@H]2O)C(C)(C)C[C@@H](C)NC[C@H](C)[C@@H](O)[C@]1(C)O. The first-order valence-electron chi connectivity index (χ1n) is 22.0. The lowest BCUT2D eigenvalue weighted by atomic mass is 9.72. The van der Waals surface area contributed by atoms with Crippen molar-refractivity contribution in [2.24, 2.45) is 23.2 Å². The van der Waals surface area contributed by atoms with Crippen LogP contribution in [0, 0.1) is 23.2 Å². The second-order valence-corrected chi connectivity index (χ2v) is 20.5. The average Bonchev–Trinajstić information content (AvgIpc) is 3.18. The van der Waals surface area contributed by atoms with Crippen LogP contribution in [0.25, 0.3) is 0 Å². The van der Waals surface area contributed by atoms with Crippen molar-refractivity contribution >= 4 is 34.9 Å². The molecule has 4 rings (SSSR count). The Morgan fingerprint density at radius 3 is 2.23 bits per heavy atom. The number of anilines is 1. The Bertz CT molecular complexity index is 1590. The Hall–Kier alpha value is -1.37. The maximum Gasteiger partial charge on any atom is 0.311 e.